The first-order valence-electron chi connectivity index (χ1n) is 2.60. The normalized spacial score (nSPS) is 16.6. The molecule has 0 saturated heterocycles. The number of carbonyl (C=O) groups is 1. The van der Waals surface area contributed by atoms with Gasteiger partial charge in [-0.3, -0.25) is 0 Å². The Bertz CT molecular complexity index is 160. The summed E-state index contributed by atoms with van der Waals surface area (Å²) in [5.74, 6) is 3.95. The maximum absolute atomic E-state index is 10.6. The van der Waals surface area contributed by atoms with Crippen LogP contribution in [-0.2, 0) is 9.63 Å². The van der Waals surface area contributed by atoms with Gasteiger partial charge in [-0.2, -0.15) is 5.90 Å². The SMILES string of the molecule is NOC(=O)C1C=CC=C1. The molecule has 1 aliphatic carbocycles. The lowest BCUT2D eigenvalue weighted by atomic mass is 10.2. The second-order valence-corrected chi connectivity index (χ2v) is 1.73. The van der Waals surface area contributed by atoms with Gasteiger partial charge >= 0.3 is 5.97 Å². The van der Waals surface area contributed by atoms with Crippen LogP contribution in [0.5, 0.6) is 0 Å². The van der Waals surface area contributed by atoms with E-state index in [1.807, 2.05) is 0 Å². The molecule has 0 amide bonds. The highest BCUT2D eigenvalue weighted by Crippen LogP contribution is 2.08. The summed E-state index contributed by atoms with van der Waals surface area (Å²) < 4.78 is 0. The third-order valence-corrected chi connectivity index (χ3v) is 1.14. The molecule has 0 fully saturated rings. The van der Waals surface area contributed by atoms with Gasteiger partial charge in [0.15, 0.2) is 0 Å². The molecule has 3 nitrogen and oxygen atoms in total. The maximum atomic E-state index is 10.6. The fourth-order valence-electron chi connectivity index (χ4n) is 0.668. The molecule has 0 aromatic heterocycles. The highest BCUT2D eigenvalue weighted by Gasteiger charge is 2.13. The highest BCUT2D eigenvalue weighted by molar-refractivity contribution is 5.77. The van der Waals surface area contributed by atoms with E-state index in [9.17, 15) is 4.79 Å². The van der Waals surface area contributed by atoms with Crippen molar-refractivity contribution >= 4 is 5.97 Å². The first-order valence-corrected chi connectivity index (χ1v) is 2.60. The molecule has 3 heteroatoms. The average molecular weight is 125 g/mol. The van der Waals surface area contributed by atoms with E-state index < -0.39 is 5.97 Å². The van der Waals surface area contributed by atoms with E-state index in [0.717, 1.165) is 0 Å². The third-order valence-electron chi connectivity index (χ3n) is 1.14. The van der Waals surface area contributed by atoms with Crippen LogP contribution in [0, 0.1) is 5.92 Å². The summed E-state index contributed by atoms with van der Waals surface area (Å²) in [5, 5.41) is 0. The molecule has 0 aromatic carbocycles. The van der Waals surface area contributed by atoms with Gasteiger partial charge < -0.3 is 4.84 Å². The smallest absolute Gasteiger partial charge is 0.335 e. The van der Waals surface area contributed by atoms with Gasteiger partial charge in [0.2, 0.25) is 0 Å². The molecule has 0 spiro atoms. The molecule has 0 heterocycles. The molecule has 0 bridgehead atoms. The standard InChI is InChI=1S/C6H7NO2/c7-9-6(8)5-3-1-2-4-5/h1-5H,7H2. The molecule has 0 aromatic rings. The van der Waals surface area contributed by atoms with Crippen molar-refractivity contribution in [2.24, 2.45) is 11.8 Å². The van der Waals surface area contributed by atoms with Crippen LogP contribution in [0.2, 0.25) is 0 Å². The lowest BCUT2D eigenvalue weighted by molar-refractivity contribution is -0.145. The number of rotatable bonds is 1. The summed E-state index contributed by atoms with van der Waals surface area (Å²) >= 11 is 0. The van der Waals surface area contributed by atoms with Crippen LogP contribution in [0.3, 0.4) is 0 Å². The highest BCUT2D eigenvalue weighted by atomic mass is 16.7. The molecule has 9 heavy (non-hydrogen) atoms. The summed E-state index contributed by atoms with van der Waals surface area (Å²) in [6, 6.07) is 0. The van der Waals surface area contributed by atoms with Crippen LogP contribution in [0.4, 0.5) is 0 Å². The summed E-state index contributed by atoms with van der Waals surface area (Å²) in [4.78, 5) is 14.6. The molecule has 1 aliphatic rings. The van der Waals surface area contributed by atoms with Gasteiger partial charge in [0.1, 0.15) is 0 Å². The van der Waals surface area contributed by atoms with E-state index in [-0.39, 0.29) is 5.92 Å². The monoisotopic (exact) mass is 125 g/mol. The van der Waals surface area contributed by atoms with E-state index in [2.05, 4.69) is 10.7 Å². The minimum Gasteiger partial charge on any atom is -0.373 e. The van der Waals surface area contributed by atoms with Crippen molar-refractivity contribution in [1.82, 2.24) is 0 Å². The Morgan fingerprint density at radius 3 is 2.44 bits per heavy atom. The number of hydrogen-bond acceptors (Lipinski definition) is 3. The Morgan fingerprint density at radius 1 is 1.44 bits per heavy atom. The Kier molecular flexibility index (Phi) is 1.65. The van der Waals surface area contributed by atoms with Crippen LogP contribution >= 0.6 is 0 Å². The van der Waals surface area contributed by atoms with Gasteiger partial charge in [-0.1, -0.05) is 24.3 Å². The summed E-state index contributed by atoms with van der Waals surface area (Å²) in [5.41, 5.74) is 0. The van der Waals surface area contributed by atoms with Crippen molar-refractivity contribution in [2.45, 2.75) is 0 Å². The first-order chi connectivity index (χ1) is 4.34. The van der Waals surface area contributed by atoms with Crippen molar-refractivity contribution in [3.8, 4) is 0 Å². The van der Waals surface area contributed by atoms with Crippen LogP contribution in [0.25, 0.3) is 0 Å². The zero-order valence-corrected chi connectivity index (χ0v) is 4.78. The molecule has 0 radical (unpaired) electrons. The fourth-order valence-corrected chi connectivity index (χ4v) is 0.668. The van der Waals surface area contributed by atoms with Gasteiger partial charge in [-0.05, 0) is 0 Å². The molecular weight excluding hydrogens is 118 g/mol. The van der Waals surface area contributed by atoms with Gasteiger partial charge in [0.05, 0.1) is 5.92 Å². The molecule has 0 saturated carbocycles. The molecule has 48 valence electrons. The van der Waals surface area contributed by atoms with E-state index >= 15 is 0 Å². The van der Waals surface area contributed by atoms with Crippen LogP contribution < -0.4 is 5.90 Å². The molecule has 0 unspecified atom stereocenters. The Hall–Kier alpha value is -1.09. The largest absolute Gasteiger partial charge is 0.373 e. The topological polar surface area (TPSA) is 52.3 Å². The molecular formula is C6H7NO2. The van der Waals surface area contributed by atoms with Gasteiger partial charge in [0.25, 0.3) is 0 Å². The van der Waals surface area contributed by atoms with Gasteiger partial charge in [-0.25, -0.2) is 4.79 Å². The lowest BCUT2D eigenvalue weighted by Crippen LogP contribution is -2.16. The second-order valence-electron chi connectivity index (χ2n) is 1.73. The van der Waals surface area contributed by atoms with Crippen molar-refractivity contribution in [2.75, 3.05) is 0 Å². The molecule has 0 atom stereocenters. The number of nitrogens with two attached hydrogens (primary N) is 1. The quantitative estimate of drug-likeness (QED) is 0.507. The van der Waals surface area contributed by atoms with Gasteiger partial charge in [0, 0.05) is 0 Å². The summed E-state index contributed by atoms with van der Waals surface area (Å²) in [6.45, 7) is 0. The van der Waals surface area contributed by atoms with Crippen LogP contribution in [0.1, 0.15) is 0 Å². The number of hydrogen-bond donors (Lipinski definition) is 1. The average Bonchev–Trinajstić information content (AvgIpc) is 2.37. The van der Waals surface area contributed by atoms with E-state index in [1.54, 1.807) is 24.3 Å². The molecule has 2 N–H and O–H groups in total. The molecule has 0 aliphatic heterocycles. The Labute approximate surface area is 52.7 Å². The zero-order valence-electron chi connectivity index (χ0n) is 4.78. The van der Waals surface area contributed by atoms with Crippen molar-refractivity contribution in [3.63, 3.8) is 0 Å². The van der Waals surface area contributed by atoms with Crippen molar-refractivity contribution in [1.29, 1.82) is 0 Å². The van der Waals surface area contributed by atoms with E-state index in [4.69, 9.17) is 0 Å². The summed E-state index contributed by atoms with van der Waals surface area (Å²) in [6.07, 6.45) is 6.99. The summed E-state index contributed by atoms with van der Waals surface area (Å²) in [7, 11) is 0. The van der Waals surface area contributed by atoms with Crippen molar-refractivity contribution < 1.29 is 9.63 Å². The zero-order chi connectivity index (χ0) is 6.69. The maximum Gasteiger partial charge on any atom is 0.335 e. The molecule has 1 rings (SSSR count). The second kappa shape index (κ2) is 2.46. The number of carbonyl (C=O) groups excluding carboxylic acids is 1. The predicted molar refractivity (Wildman–Crippen MR) is 32.0 cm³/mol. The van der Waals surface area contributed by atoms with Crippen molar-refractivity contribution in [3.05, 3.63) is 24.3 Å². The van der Waals surface area contributed by atoms with Crippen LogP contribution in [0.15, 0.2) is 24.3 Å². The fraction of sp³-hybridized carbons (Fsp3) is 0.167. The van der Waals surface area contributed by atoms with Gasteiger partial charge in [-0.15, -0.1) is 0 Å². The Balaban J connectivity index is 2.53. The predicted octanol–water partition coefficient (Wildman–Crippen LogP) is 0.146. The minimum atomic E-state index is -0.417. The van der Waals surface area contributed by atoms with E-state index in [1.165, 1.54) is 0 Å². The van der Waals surface area contributed by atoms with Crippen LogP contribution in [-0.4, -0.2) is 5.97 Å². The first kappa shape index (κ1) is 6.04. The Morgan fingerprint density at radius 2 is 2.00 bits per heavy atom. The third kappa shape index (κ3) is 1.17. The van der Waals surface area contributed by atoms with E-state index in [0.29, 0.717) is 0 Å². The number of allylic oxidation sites excluding steroid dienone is 2. The lowest BCUT2D eigenvalue weighted by Gasteiger charge is -1.98. The minimum absolute atomic E-state index is 0.269.